The van der Waals surface area contributed by atoms with Crippen molar-refractivity contribution in [3.05, 3.63) is 40.1 Å². The van der Waals surface area contributed by atoms with Crippen molar-refractivity contribution in [2.75, 3.05) is 0 Å². The van der Waals surface area contributed by atoms with Crippen molar-refractivity contribution in [1.29, 1.82) is 0 Å². The summed E-state index contributed by atoms with van der Waals surface area (Å²) in [5, 5.41) is 3.25. The van der Waals surface area contributed by atoms with Gasteiger partial charge in [-0.05, 0) is 26.0 Å². The van der Waals surface area contributed by atoms with Gasteiger partial charge in [-0.15, -0.1) is 11.3 Å². The molecule has 0 aliphatic carbocycles. The molecule has 2 aromatic heterocycles. The molecule has 2 aromatic rings. The lowest BCUT2D eigenvalue weighted by Gasteiger charge is -2.07. The van der Waals surface area contributed by atoms with E-state index >= 15 is 0 Å². The summed E-state index contributed by atoms with van der Waals surface area (Å²) in [6.07, 6.45) is 2.91. The van der Waals surface area contributed by atoms with Crippen molar-refractivity contribution in [1.82, 2.24) is 9.55 Å². The van der Waals surface area contributed by atoms with Crippen molar-refractivity contribution in [2.24, 2.45) is 0 Å². The zero-order valence-corrected chi connectivity index (χ0v) is 9.34. The number of nitrogens with zero attached hydrogens (tertiary/aromatic N) is 2. The van der Waals surface area contributed by atoms with Crippen LogP contribution in [0.5, 0.6) is 0 Å². The predicted molar refractivity (Wildman–Crippen MR) is 59.7 cm³/mol. The summed E-state index contributed by atoms with van der Waals surface area (Å²) in [6.45, 7) is 5.34. The minimum Gasteiger partial charge on any atom is -0.349 e. The molecule has 0 atom stereocenters. The average molecular weight is 206 g/mol. The van der Waals surface area contributed by atoms with E-state index in [1.807, 2.05) is 11.6 Å². The maximum absolute atomic E-state index is 4.28. The van der Waals surface area contributed by atoms with Gasteiger partial charge < -0.3 is 4.57 Å². The first-order chi connectivity index (χ1) is 6.77. The molecule has 2 nitrogen and oxygen atoms in total. The quantitative estimate of drug-likeness (QED) is 0.755. The van der Waals surface area contributed by atoms with E-state index in [2.05, 4.69) is 35.5 Å². The van der Waals surface area contributed by atoms with E-state index in [-0.39, 0.29) is 0 Å². The molecule has 14 heavy (non-hydrogen) atoms. The topological polar surface area (TPSA) is 17.8 Å². The van der Waals surface area contributed by atoms with Crippen LogP contribution in [0.2, 0.25) is 0 Å². The first kappa shape index (κ1) is 9.46. The molecule has 0 N–H and O–H groups in total. The van der Waals surface area contributed by atoms with Gasteiger partial charge in [0.05, 0.1) is 5.01 Å². The van der Waals surface area contributed by atoms with Gasteiger partial charge in [0.15, 0.2) is 0 Å². The summed E-state index contributed by atoms with van der Waals surface area (Å²) >= 11 is 1.73. The second-order valence-electron chi connectivity index (χ2n) is 3.44. The highest BCUT2D eigenvalue weighted by Gasteiger charge is 2.01. The normalized spacial score (nSPS) is 10.7. The van der Waals surface area contributed by atoms with Crippen LogP contribution in [0.1, 0.15) is 16.4 Å². The smallest absolute Gasteiger partial charge is 0.0942 e. The number of aryl methyl sites for hydroxylation is 3. The fraction of sp³-hybridized carbons (Fsp3) is 0.364. The van der Waals surface area contributed by atoms with Gasteiger partial charge >= 0.3 is 0 Å². The van der Waals surface area contributed by atoms with Gasteiger partial charge in [0.2, 0.25) is 0 Å². The van der Waals surface area contributed by atoms with Gasteiger partial charge in [-0.3, -0.25) is 0 Å². The molecular formula is C11H14N2S. The molecular weight excluding hydrogens is 192 g/mol. The molecule has 74 valence electrons. The molecule has 0 aliphatic rings. The van der Waals surface area contributed by atoms with Crippen molar-refractivity contribution >= 4 is 11.3 Å². The SMILES string of the molecule is Cc1ccc(C)n1CCc1nccs1. The van der Waals surface area contributed by atoms with E-state index in [1.165, 1.54) is 16.4 Å². The van der Waals surface area contributed by atoms with Crippen molar-refractivity contribution in [3.8, 4) is 0 Å². The number of thiazole rings is 1. The molecule has 0 saturated carbocycles. The summed E-state index contributed by atoms with van der Waals surface area (Å²) in [4.78, 5) is 4.28. The average Bonchev–Trinajstić information content (AvgIpc) is 2.76. The van der Waals surface area contributed by atoms with E-state index in [0.29, 0.717) is 0 Å². The third kappa shape index (κ3) is 1.87. The van der Waals surface area contributed by atoms with Gasteiger partial charge in [0.1, 0.15) is 0 Å². The Morgan fingerprint density at radius 2 is 2.00 bits per heavy atom. The summed E-state index contributed by atoms with van der Waals surface area (Å²) < 4.78 is 2.33. The first-order valence-corrected chi connectivity index (χ1v) is 5.66. The minimum absolute atomic E-state index is 1.04. The molecule has 0 amide bonds. The van der Waals surface area contributed by atoms with E-state index in [4.69, 9.17) is 0 Å². The van der Waals surface area contributed by atoms with Crippen LogP contribution in [0.3, 0.4) is 0 Å². The molecule has 0 aromatic carbocycles. The van der Waals surface area contributed by atoms with E-state index in [0.717, 1.165) is 13.0 Å². The van der Waals surface area contributed by atoms with E-state index < -0.39 is 0 Å². The highest BCUT2D eigenvalue weighted by atomic mass is 32.1. The Morgan fingerprint density at radius 3 is 2.57 bits per heavy atom. The van der Waals surface area contributed by atoms with Gasteiger partial charge in [0, 0.05) is 35.9 Å². The van der Waals surface area contributed by atoms with Gasteiger partial charge in [-0.1, -0.05) is 0 Å². The number of aromatic nitrogens is 2. The fourth-order valence-electron chi connectivity index (χ4n) is 1.64. The Bertz CT molecular complexity index is 381. The lowest BCUT2D eigenvalue weighted by Crippen LogP contribution is -2.04. The molecule has 0 spiro atoms. The van der Waals surface area contributed by atoms with Crippen LogP contribution in [-0.2, 0) is 13.0 Å². The zero-order valence-electron chi connectivity index (χ0n) is 8.53. The van der Waals surface area contributed by atoms with Gasteiger partial charge in [0.25, 0.3) is 0 Å². The third-order valence-corrected chi connectivity index (χ3v) is 3.29. The molecule has 0 aliphatic heterocycles. The molecule has 2 rings (SSSR count). The second kappa shape index (κ2) is 3.96. The van der Waals surface area contributed by atoms with Crippen LogP contribution in [0, 0.1) is 13.8 Å². The maximum Gasteiger partial charge on any atom is 0.0942 e. The Labute approximate surface area is 88.2 Å². The van der Waals surface area contributed by atoms with Gasteiger partial charge in [-0.2, -0.15) is 0 Å². The highest BCUT2D eigenvalue weighted by Crippen LogP contribution is 2.10. The second-order valence-corrected chi connectivity index (χ2v) is 4.42. The largest absolute Gasteiger partial charge is 0.349 e. The summed E-state index contributed by atoms with van der Waals surface area (Å²) in [7, 11) is 0. The van der Waals surface area contributed by atoms with Crippen LogP contribution >= 0.6 is 11.3 Å². The molecule has 0 radical (unpaired) electrons. The maximum atomic E-state index is 4.28. The van der Waals surface area contributed by atoms with Crippen LogP contribution in [0.15, 0.2) is 23.7 Å². The minimum atomic E-state index is 1.04. The Hall–Kier alpha value is -1.09. The predicted octanol–water partition coefficient (Wildman–Crippen LogP) is 2.80. The Balaban J connectivity index is 2.05. The standard InChI is InChI=1S/C11H14N2S/c1-9-3-4-10(2)13(9)7-5-11-12-6-8-14-11/h3-4,6,8H,5,7H2,1-2H3. The van der Waals surface area contributed by atoms with Gasteiger partial charge in [-0.25, -0.2) is 4.98 Å². The van der Waals surface area contributed by atoms with E-state index in [1.54, 1.807) is 11.3 Å². The number of hydrogen-bond acceptors (Lipinski definition) is 2. The van der Waals surface area contributed by atoms with Crippen LogP contribution < -0.4 is 0 Å². The molecule has 2 heterocycles. The molecule has 3 heteroatoms. The van der Waals surface area contributed by atoms with Crippen molar-refractivity contribution in [3.63, 3.8) is 0 Å². The molecule has 0 fully saturated rings. The van der Waals surface area contributed by atoms with Crippen LogP contribution in [0.25, 0.3) is 0 Å². The zero-order chi connectivity index (χ0) is 9.97. The van der Waals surface area contributed by atoms with Crippen molar-refractivity contribution < 1.29 is 0 Å². The third-order valence-electron chi connectivity index (χ3n) is 2.45. The van der Waals surface area contributed by atoms with Crippen LogP contribution in [-0.4, -0.2) is 9.55 Å². The lowest BCUT2D eigenvalue weighted by atomic mass is 10.4. The van der Waals surface area contributed by atoms with Crippen LogP contribution in [0.4, 0.5) is 0 Å². The summed E-state index contributed by atoms with van der Waals surface area (Å²) in [5.74, 6) is 0. The van der Waals surface area contributed by atoms with Crippen molar-refractivity contribution in [2.45, 2.75) is 26.8 Å². The molecule has 0 bridgehead atoms. The fourth-order valence-corrected chi connectivity index (χ4v) is 2.25. The summed E-state index contributed by atoms with van der Waals surface area (Å²) in [5.41, 5.74) is 2.66. The first-order valence-electron chi connectivity index (χ1n) is 4.78. The van der Waals surface area contributed by atoms with E-state index in [9.17, 15) is 0 Å². The lowest BCUT2D eigenvalue weighted by molar-refractivity contribution is 0.662. The Kier molecular flexibility index (Phi) is 2.68. The highest BCUT2D eigenvalue weighted by molar-refractivity contribution is 7.09. The summed E-state index contributed by atoms with van der Waals surface area (Å²) in [6, 6.07) is 4.33. The monoisotopic (exact) mass is 206 g/mol. The number of hydrogen-bond donors (Lipinski definition) is 0. The Morgan fingerprint density at radius 1 is 1.29 bits per heavy atom. The molecule has 0 saturated heterocycles. The number of rotatable bonds is 3. The molecule has 0 unspecified atom stereocenters.